The number of hydrogen-bond acceptors (Lipinski definition) is 3. The highest BCUT2D eigenvalue weighted by molar-refractivity contribution is 5.94. The Morgan fingerprint density at radius 2 is 1.91 bits per heavy atom. The van der Waals surface area contributed by atoms with Gasteiger partial charge >= 0.3 is 0 Å². The van der Waals surface area contributed by atoms with Gasteiger partial charge in [-0.1, -0.05) is 46.2 Å². The first-order chi connectivity index (χ1) is 15.7. The molecule has 1 amide bonds. The summed E-state index contributed by atoms with van der Waals surface area (Å²) in [5.74, 6) is 1.21. The van der Waals surface area contributed by atoms with Crippen molar-refractivity contribution in [3.05, 3.63) is 60.2 Å². The molecule has 174 valence electrons. The van der Waals surface area contributed by atoms with Gasteiger partial charge in [-0.3, -0.25) is 9.78 Å². The van der Waals surface area contributed by atoms with E-state index in [1.807, 2.05) is 30.7 Å². The molecule has 2 heterocycles. The highest BCUT2D eigenvalue weighted by Gasteiger charge is 2.57. The Morgan fingerprint density at radius 1 is 1.12 bits per heavy atom. The van der Waals surface area contributed by atoms with E-state index in [9.17, 15) is 4.79 Å². The van der Waals surface area contributed by atoms with Gasteiger partial charge in [0.05, 0.1) is 28.6 Å². The summed E-state index contributed by atoms with van der Waals surface area (Å²) in [6.07, 6.45) is 8.65. The molecule has 0 radical (unpaired) electrons. The molecule has 0 spiro atoms. The number of rotatable bonds is 4. The molecule has 2 N–H and O–H groups in total. The molecule has 2 aliphatic rings. The Kier molecular flexibility index (Phi) is 5.34. The van der Waals surface area contributed by atoms with E-state index in [1.165, 1.54) is 24.8 Å². The van der Waals surface area contributed by atoms with Crippen molar-refractivity contribution in [3.8, 4) is 0 Å². The second-order valence-corrected chi connectivity index (χ2v) is 11.4. The van der Waals surface area contributed by atoms with Crippen LogP contribution in [0.5, 0.6) is 0 Å². The number of amides is 1. The molecule has 1 aromatic carbocycles. The van der Waals surface area contributed by atoms with Gasteiger partial charge in [0.2, 0.25) is 0 Å². The molecule has 2 saturated carbocycles. The average molecular weight is 445 g/mol. The van der Waals surface area contributed by atoms with Crippen molar-refractivity contribution in [2.24, 2.45) is 34.3 Å². The van der Waals surface area contributed by atoms with Crippen molar-refractivity contribution in [1.29, 1.82) is 0 Å². The number of carbonyl (C=O) groups is 1. The van der Waals surface area contributed by atoms with Crippen molar-refractivity contribution in [1.82, 2.24) is 14.5 Å². The summed E-state index contributed by atoms with van der Waals surface area (Å²) in [5, 5.41) is 0. The van der Waals surface area contributed by atoms with Crippen LogP contribution in [0.25, 0.3) is 11.0 Å². The molecule has 2 fully saturated rings. The van der Waals surface area contributed by atoms with Gasteiger partial charge in [0.15, 0.2) is 0 Å². The van der Waals surface area contributed by atoms with Crippen LogP contribution in [0.3, 0.4) is 0 Å². The second kappa shape index (κ2) is 7.96. The molecule has 5 rings (SSSR count). The van der Waals surface area contributed by atoms with E-state index in [2.05, 4.69) is 55.4 Å². The van der Waals surface area contributed by atoms with E-state index >= 15 is 0 Å². The van der Waals surface area contributed by atoms with E-state index < -0.39 is 0 Å². The molecule has 2 aliphatic carbocycles. The predicted molar refractivity (Wildman–Crippen MR) is 132 cm³/mol. The number of pyridine rings is 1. The van der Waals surface area contributed by atoms with Crippen LogP contribution < -0.4 is 5.73 Å². The largest absolute Gasteiger partial charge is 0.366 e. The molecule has 1 unspecified atom stereocenters. The average Bonchev–Trinajstić information content (AvgIpc) is 3.19. The molecule has 5 atom stereocenters. The number of nitrogens with two attached hydrogens (primary N) is 1. The normalized spacial score (nSPS) is 31.3. The summed E-state index contributed by atoms with van der Waals surface area (Å²) in [6.45, 7) is 10.7. The number of para-hydroxylation sites is 2. The smallest absolute Gasteiger partial charge is 0.250 e. The lowest BCUT2D eigenvalue weighted by Gasteiger charge is -2.61. The summed E-state index contributed by atoms with van der Waals surface area (Å²) in [6, 6.07) is 12.1. The summed E-state index contributed by atoms with van der Waals surface area (Å²) in [7, 11) is 0. The summed E-state index contributed by atoms with van der Waals surface area (Å²) in [5.41, 5.74) is 9.98. The number of primary amides is 1. The van der Waals surface area contributed by atoms with Gasteiger partial charge in [-0.25, -0.2) is 4.98 Å². The maximum absolute atomic E-state index is 12.3. The number of aromatic nitrogens is 3. The van der Waals surface area contributed by atoms with E-state index in [0.29, 0.717) is 23.3 Å². The standard InChI is InChI=1S/C28H36N4O/c1-18-20(25-19(26(29)33)9-7-14-30-25)15-24-27(2,3)12-8-13-28(24,4)21(18)16-32-17-31-22-10-5-6-11-23(22)32/h5-7,9-11,14,17-18,20-21,24H,8,12-13,15-16H2,1-4H3,(H2,29,33)/t18-,20-,21+,24?,28-/m1/s1. The first kappa shape index (κ1) is 22.1. The van der Waals surface area contributed by atoms with Crippen molar-refractivity contribution in [2.75, 3.05) is 0 Å². The molecule has 5 nitrogen and oxygen atoms in total. The zero-order chi connectivity index (χ0) is 23.4. The number of nitrogens with zero attached hydrogens (tertiary/aromatic N) is 3. The third-order valence-electron chi connectivity index (χ3n) is 9.26. The van der Waals surface area contributed by atoms with E-state index in [4.69, 9.17) is 10.7 Å². The summed E-state index contributed by atoms with van der Waals surface area (Å²) >= 11 is 0. The van der Waals surface area contributed by atoms with Gasteiger partial charge in [0.25, 0.3) is 5.91 Å². The number of benzene rings is 1. The van der Waals surface area contributed by atoms with Crippen LogP contribution in [0.1, 0.15) is 75.3 Å². The van der Waals surface area contributed by atoms with Gasteiger partial charge in [0.1, 0.15) is 0 Å². The molecule has 0 bridgehead atoms. The van der Waals surface area contributed by atoms with Crippen LogP contribution in [-0.2, 0) is 6.54 Å². The van der Waals surface area contributed by atoms with Gasteiger partial charge in [-0.2, -0.15) is 0 Å². The quantitative estimate of drug-likeness (QED) is 0.552. The fraction of sp³-hybridized carbons (Fsp3) is 0.536. The third kappa shape index (κ3) is 3.56. The van der Waals surface area contributed by atoms with Gasteiger partial charge in [-0.15, -0.1) is 0 Å². The Morgan fingerprint density at radius 3 is 2.70 bits per heavy atom. The first-order valence-corrected chi connectivity index (χ1v) is 12.4. The molecular weight excluding hydrogens is 408 g/mol. The Hall–Kier alpha value is -2.69. The molecule has 33 heavy (non-hydrogen) atoms. The fourth-order valence-corrected chi connectivity index (χ4v) is 7.57. The molecular formula is C28H36N4O. The van der Waals surface area contributed by atoms with Gasteiger partial charge < -0.3 is 10.3 Å². The zero-order valence-corrected chi connectivity index (χ0v) is 20.3. The van der Waals surface area contributed by atoms with Crippen molar-refractivity contribution >= 4 is 16.9 Å². The minimum Gasteiger partial charge on any atom is -0.366 e. The van der Waals surface area contributed by atoms with E-state index in [0.717, 1.165) is 24.2 Å². The number of fused-ring (bicyclic) bond motifs is 2. The fourth-order valence-electron chi connectivity index (χ4n) is 7.57. The number of hydrogen-bond donors (Lipinski definition) is 1. The SMILES string of the molecule is C[C@@H]1[C@H](c2ncccc2C(N)=O)CC2C(C)(C)CCC[C@]2(C)[C@H]1Cn1cnc2ccccc21. The molecule has 2 aromatic heterocycles. The number of carbonyl (C=O) groups excluding carboxylic acids is 1. The monoisotopic (exact) mass is 444 g/mol. The lowest BCUT2D eigenvalue weighted by molar-refractivity contribution is -0.107. The number of imidazole rings is 1. The Labute approximate surface area is 196 Å². The highest BCUT2D eigenvalue weighted by Crippen LogP contribution is 2.64. The Balaban J connectivity index is 1.61. The van der Waals surface area contributed by atoms with Crippen LogP contribution >= 0.6 is 0 Å². The van der Waals surface area contributed by atoms with Crippen LogP contribution in [0.4, 0.5) is 0 Å². The summed E-state index contributed by atoms with van der Waals surface area (Å²) in [4.78, 5) is 21.7. The van der Waals surface area contributed by atoms with Gasteiger partial charge in [-0.05, 0) is 72.1 Å². The van der Waals surface area contributed by atoms with Crippen LogP contribution in [0.2, 0.25) is 0 Å². The molecule has 5 heteroatoms. The minimum atomic E-state index is -0.376. The maximum atomic E-state index is 12.3. The van der Waals surface area contributed by atoms with E-state index in [-0.39, 0.29) is 22.7 Å². The van der Waals surface area contributed by atoms with Crippen LogP contribution in [-0.4, -0.2) is 20.4 Å². The van der Waals surface area contributed by atoms with Crippen molar-refractivity contribution in [3.63, 3.8) is 0 Å². The van der Waals surface area contributed by atoms with Crippen molar-refractivity contribution in [2.45, 2.75) is 65.8 Å². The molecule has 0 saturated heterocycles. The Bertz CT molecular complexity index is 1180. The van der Waals surface area contributed by atoms with E-state index in [1.54, 1.807) is 0 Å². The lowest BCUT2D eigenvalue weighted by Crippen LogP contribution is -2.54. The topological polar surface area (TPSA) is 73.8 Å². The van der Waals surface area contributed by atoms with Crippen LogP contribution in [0, 0.1) is 28.6 Å². The van der Waals surface area contributed by atoms with Gasteiger partial charge in [0, 0.05) is 18.7 Å². The van der Waals surface area contributed by atoms with Crippen LogP contribution in [0.15, 0.2) is 48.9 Å². The molecule has 0 aliphatic heterocycles. The zero-order valence-electron chi connectivity index (χ0n) is 20.3. The lowest BCUT2D eigenvalue weighted by atomic mass is 9.44. The second-order valence-electron chi connectivity index (χ2n) is 11.4. The summed E-state index contributed by atoms with van der Waals surface area (Å²) < 4.78 is 2.34. The molecule has 3 aromatic rings. The maximum Gasteiger partial charge on any atom is 0.250 e. The van der Waals surface area contributed by atoms with Crippen molar-refractivity contribution < 1.29 is 4.79 Å². The third-order valence-corrected chi connectivity index (χ3v) is 9.26. The minimum absolute atomic E-state index is 0.212. The first-order valence-electron chi connectivity index (χ1n) is 12.4. The predicted octanol–water partition coefficient (Wildman–Crippen LogP) is 5.80. The highest BCUT2D eigenvalue weighted by atomic mass is 16.1.